The number of rotatable bonds is 13. The minimum absolute atomic E-state index is 0.0340. The zero-order chi connectivity index (χ0) is 41.0. The van der Waals surface area contributed by atoms with Gasteiger partial charge in [0.25, 0.3) is 21.9 Å². The molecule has 13 nitrogen and oxygen atoms in total. The zero-order valence-electron chi connectivity index (χ0n) is 32.1. The maximum Gasteiger partial charge on any atom is 0.266 e. The van der Waals surface area contributed by atoms with Crippen molar-refractivity contribution in [2.45, 2.75) is 30.5 Å². The maximum atomic E-state index is 14.1. The van der Waals surface area contributed by atoms with E-state index in [4.69, 9.17) is 18.4 Å². The number of methoxy groups -OCH3 is 1. The van der Waals surface area contributed by atoms with Gasteiger partial charge in [0.15, 0.2) is 17.0 Å². The molecule has 0 N–H and O–H groups in total. The molecule has 3 heterocycles. The summed E-state index contributed by atoms with van der Waals surface area (Å²) in [5, 5.41) is 0. The standard InChI is InChI=1S/C45H39N5O8S/c1-55-36-25-23-35(24-26-36)45(33-19-11-5-12-20-33,34-21-13-6-14-22-34)56-28-38-37(58-59(2,53)54)27-39(57-38)49-30-48-40-41(49)46-29-47-42(40)50(43(51)31-15-7-3-8-16-31)44(52)32-17-9-4-10-18-32/h3-26,29-30,37-39H,27-28H2,1-2H3/t37-,38-,39-/m1/s1. The molecule has 14 heteroatoms. The van der Waals surface area contributed by atoms with Crippen LogP contribution in [0.15, 0.2) is 158 Å². The van der Waals surface area contributed by atoms with Crippen LogP contribution in [0.4, 0.5) is 5.82 Å². The van der Waals surface area contributed by atoms with E-state index >= 15 is 0 Å². The Bertz CT molecular complexity index is 2580. The highest BCUT2D eigenvalue weighted by atomic mass is 32.2. The summed E-state index contributed by atoms with van der Waals surface area (Å²) < 4.78 is 51.9. The maximum absolute atomic E-state index is 14.1. The Morgan fingerprint density at radius 2 is 1.27 bits per heavy atom. The Morgan fingerprint density at radius 3 is 1.80 bits per heavy atom. The first-order valence-electron chi connectivity index (χ1n) is 18.8. The third-order valence-electron chi connectivity index (χ3n) is 10.1. The van der Waals surface area contributed by atoms with Gasteiger partial charge < -0.3 is 14.2 Å². The zero-order valence-corrected chi connectivity index (χ0v) is 32.9. The molecule has 2 aromatic heterocycles. The molecule has 1 fully saturated rings. The lowest BCUT2D eigenvalue weighted by atomic mass is 9.80. The number of fused-ring (bicyclic) bond motifs is 1. The van der Waals surface area contributed by atoms with Gasteiger partial charge in [-0.2, -0.15) is 8.42 Å². The van der Waals surface area contributed by atoms with Crippen LogP contribution in [-0.4, -0.2) is 71.9 Å². The van der Waals surface area contributed by atoms with Gasteiger partial charge >= 0.3 is 0 Å². The SMILES string of the molecule is COc1ccc(C(OC[C@H]2O[C@@H](n3cnc4c(N(C(=O)c5ccccc5)C(=O)c5ccccc5)ncnc43)C[C@H]2OS(C)(=O)=O)(c2ccccc2)c2ccccc2)cc1. The lowest BCUT2D eigenvalue weighted by molar-refractivity contribution is -0.0896. The molecule has 7 aromatic rings. The van der Waals surface area contributed by atoms with E-state index in [0.717, 1.165) is 27.8 Å². The second-order valence-electron chi connectivity index (χ2n) is 13.9. The van der Waals surface area contributed by atoms with E-state index in [1.54, 1.807) is 72.3 Å². The number of benzene rings is 5. The number of aromatic nitrogens is 4. The van der Waals surface area contributed by atoms with Crippen molar-refractivity contribution < 1.29 is 36.4 Å². The van der Waals surface area contributed by atoms with Crippen molar-refractivity contribution in [2.75, 3.05) is 24.9 Å². The van der Waals surface area contributed by atoms with Gasteiger partial charge in [-0.15, -0.1) is 0 Å². The molecular weight excluding hydrogens is 771 g/mol. The summed E-state index contributed by atoms with van der Waals surface area (Å²) in [6.45, 7) is -0.107. The van der Waals surface area contributed by atoms with E-state index in [2.05, 4.69) is 15.0 Å². The number of carbonyl (C=O) groups excluding carboxylic acids is 2. The number of nitrogens with zero attached hydrogens (tertiary/aromatic N) is 5. The average Bonchev–Trinajstić information content (AvgIpc) is 3.89. The van der Waals surface area contributed by atoms with Gasteiger partial charge in [-0.1, -0.05) is 109 Å². The molecule has 0 unspecified atom stereocenters. The molecule has 2 amide bonds. The Hall–Kier alpha value is -6.58. The fraction of sp³-hybridized carbons (Fsp3) is 0.178. The summed E-state index contributed by atoms with van der Waals surface area (Å²) >= 11 is 0. The van der Waals surface area contributed by atoms with Crippen LogP contribution >= 0.6 is 0 Å². The molecule has 1 saturated heterocycles. The molecule has 298 valence electrons. The molecule has 3 atom stereocenters. The van der Waals surface area contributed by atoms with E-state index in [1.165, 1.54) is 12.7 Å². The van der Waals surface area contributed by atoms with Crippen molar-refractivity contribution in [3.05, 3.63) is 186 Å². The first-order valence-corrected chi connectivity index (χ1v) is 20.6. The van der Waals surface area contributed by atoms with E-state index in [9.17, 15) is 18.0 Å². The number of imidazole rings is 1. The first-order chi connectivity index (χ1) is 28.7. The summed E-state index contributed by atoms with van der Waals surface area (Å²) in [5.74, 6) is -0.582. The molecule has 0 aliphatic carbocycles. The number of ether oxygens (including phenoxy) is 3. The second-order valence-corrected chi connectivity index (χ2v) is 15.5. The molecule has 0 spiro atoms. The third-order valence-corrected chi connectivity index (χ3v) is 10.7. The van der Waals surface area contributed by atoms with Crippen LogP contribution < -0.4 is 9.64 Å². The fourth-order valence-corrected chi connectivity index (χ4v) is 8.05. The molecule has 8 rings (SSSR count). The van der Waals surface area contributed by atoms with Gasteiger partial charge in [0.2, 0.25) is 0 Å². The van der Waals surface area contributed by atoms with Crippen molar-refractivity contribution in [3.8, 4) is 5.75 Å². The Labute approximate surface area is 340 Å². The highest BCUT2D eigenvalue weighted by molar-refractivity contribution is 7.86. The van der Waals surface area contributed by atoms with Crippen molar-refractivity contribution in [1.29, 1.82) is 0 Å². The van der Waals surface area contributed by atoms with Crippen molar-refractivity contribution in [2.24, 2.45) is 0 Å². The molecule has 0 bridgehead atoms. The molecule has 1 aliphatic heterocycles. The van der Waals surface area contributed by atoms with Crippen LogP contribution in [0.25, 0.3) is 11.2 Å². The highest BCUT2D eigenvalue weighted by Gasteiger charge is 2.44. The summed E-state index contributed by atoms with van der Waals surface area (Å²) in [4.78, 5) is 42.6. The Balaban J connectivity index is 1.17. The minimum atomic E-state index is -3.96. The largest absolute Gasteiger partial charge is 0.497 e. The van der Waals surface area contributed by atoms with Crippen molar-refractivity contribution >= 4 is 38.9 Å². The summed E-state index contributed by atoms with van der Waals surface area (Å²) in [6.07, 6.45) is 1.01. The second kappa shape index (κ2) is 16.7. The quantitative estimate of drug-likeness (QED) is 0.0675. The molecule has 0 radical (unpaired) electrons. The monoisotopic (exact) mass is 809 g/mol. The smallest absolute Gasteiger partial charge is 0.266 e. The average molecular weight is 810 g/mol. The number of hydrogen-bond acceptors (Lipinski definition) is 11. The van der Waals surface area contributed by atoms with Crippen molar-refractivity contribution in [3.63, 3.8) is 0 Å². The summed E-state index contributed by atoms with van der Waals surface area (Å²) in [7, 11) is -2.36. The number of imide groups is 1. The summed E-state index contributed by atoms with van der Waals surface area (Å²) in [5.41, 5.74) is 2.21. The fourth-order valence-electron chi connectivity index (χ4n) is 7.39. The predicted molar refractivity (Wildman–Crippen MR) is 219 cm³/mol. The van der Waals surface area contributed by atoms with Gasteiger partial charge in [-0.3, -0.25) is 18.3 Å². The highest BCUT2D eigenvalue weighted by Crippen LogP contribution is 2.43. The predicted octanol–water partition coefficient (Wildman–Crippen LogP) is 6.96. The molecule has 5 aromatic carbocycles. The molecule has 0 saturated carbocycles. The number of amides is 2. The molecular formula is C45H39N5O8S. The number of anilines is 1. The van der Waals surface area contributed by atoms with E-state index in [0.29, 0.717) is 5.75 Å². The van der Waals surface area contributed by atoms with Gasteiger partial charge in [0.1, 0.15) is 36.1 Å². The van der Waals surface area contributed by atoms with Crippen LogP contribution in [0.2, 0.25) is 0 Å². The van der Waals surface area contributed by atoms with Crippen molar-refractivity contribution in [1.82, 2.24) is 19.5 Å². The van der Waals surface area contributed by atoms with Gasteiger partial charge in [0, 0.05) is 17.5 Å². The van der Waals surface area contributed by atoms with E-state index < -0.39 is 46.0 Å². The topological polar surface area (TPSA) is 152 Å². The van der Waals surface area contributed by atoms with Crippen LogP contribution in [0, 0.1) is 0 Å². The third kappa shape index (κ3) is 7.98. The van der Waals surface area contributed by atoms with Crippen LogP contribution in [0.5, 0.6) is 5.75 Å². The van der Waals surface area contributed by atoms with Crippen LogP contribution in [0.1, 0.15) is 50.1 Å². The lowest BCUT2D eigenvalue weighted by Gasteiger charge is -2.37. The molecule has 1 aliphatic rings. The van der Waals surface area contributed by atoms with Gasteiger partial charge in [-0.25, -0.2) is 19.9 Å². The number of hydrogen-bond donors (Lipinski definition) is 0. The number of carbonyl (C=O) groups is 2. The van der Waals surface area contributed by atoms with E-state index in [-0.39, 0.29) is 41.1 Å². The minimum Gasteiger partial charge on any atom is -0.497 e. The normalized spacial score (nSPS) is 16.8. The van der Waals surface area contributed by atoms with Crippen LogP contribution in [0.3, 0.4) is 0 Å². The lowest BCUT2D eigenvalue weighted by Crippen LogP contribution is -2.39. The van der Waals surface area contributed by atoms with Gasteiger partial charge in [0.05, 0.1) is 26.3 Å². The Kier molecular flexibility index (Phi) is 11.1. The summed E-state index contributed by atoms with van der Waals surface area (Å²) in [6, 6.07) is 43.9. The van der Waals surface area contributed by atoms with Crippen LogP contribution in [-0.2, 0) is 29.4 Å². The first kappa shape index (κ1) is 39.3. The Morgan fingerprint density at radius 1 is 0.746 bits per heavy atom. The van der Waals surface area contributed by atoms with Gasteiger partial charge in [-0.05, 0) is 53.1 Å². The molecule has 59 heavy (non-hydrogen) atoms. The van der Waals surface area contributed by atoms with E-state index in [1.807, 2.05) is 84.9 Å².